The summed E-state index contributed by atoms with van der Waals surface area (Å²) in [6.45, 7) is 5.50. The molecule has 1 aliphatic heterocycles. The maximum atomic E-state index is 12.6. The first-order chi connectivity index (χ1) is 12.1. The van der Waals surface area contributed by atoms with Gasteiger partial charge in [0.2, 0.25) is 11.2 Å². The highest BCUT2D eigenvalue weighted by atomic mass is 16.4. The minimum absolute atomic E-state index is 0.0695. The Kier molecular flexibility index (Phi) is 4.10. The SMILES string of the molecule is CN(C)c1ccc2nc3c(C(=O)NC(C)(C)C)cc(=O)c(O)c-3oc2c1. The van der Waals surface area contributed by atoms with Crippen LogP contribution in [0.15, 0.2) is 33.5 Å². The molecule has 1 aromatic carbocycles. The summed E-state index contributed by atoms with van der Waals surface area (Å²) in [5.74, 6) is -1.11. The number of aromatic hydroxyl groups is 1. The van der Waals surface area contributed by atoms with Crippen molar-refractivity contribution in [3.63, 3.8) is 0 Å². The van der Waals surface area contributed by atoms with Crippen LogP contribution < -0.4 is 15.6 Å². The van der Waals surface area contributed by atoms with Gasteiger partial charge >= 0.3 is 0 Å². The van der Waals surface area contributed by atoms with E-state index in [9.17, 15) is 14.7 Å². The summed E-state index contributed by atoms with van der Waals surface area (Å²) >= 11 is 0. The zero-order chi connectivity index (χ0) is 19.2. The van der Waals surface area contributed by atoms with E-state index < -0.39 is 22.6 Å². The van der Waals surface area contributed by atoms with Gasteiger partial charge in [-0.05, 0) is 32.9 Å². The first kappa shape index (κ1) is 17.7. The molecule has 0 unspecified atom stereocenters. The van der Waals surface area contributed by atoms with Gasteiger partial charge in [0, 0.05) is 37.5 Å². The molecule has 26 heavy (non-hydrogen) atoms. The van der Waals surface area contributed by atoms with E-state index in [1.807, 2.05) is 45.8 Å². The van der Waals surface area contributed by atoms with E-state index in [0.717, 1.165) is 11.8 Å². The number of hydrogen-bond donors (Lipinski definition) is 2. The van der Waals surface area contributed by atoms with E-state index in [0.29, 0.717) is 11.1 Å². The average Bonchev–Trinajstić information content (AvgIpc) is 2.54. The zero-order valence-corrected chi connectivity index (χ0v) is 15.4. The molecular formula is C19H21N3O4. The summed E-state index contributed by atoms with van der Waals surface area (Å²) < 4.78 is 5.75. The van der Waals surface area contributed by atoms with Crippen LogP contribution in [0.4, 0.5) is 5.69 Å². The highest BCUT2D eigenvalue weighted by Gasteiger charge is 2.27. The van der Waals surface area contributed by atoms with Crippen LogP contribution in [0, 0.1) is 0 Å². The van der Waals surface area contributed by atoms with Gasteiger partial charge < -0.3 is 19.7 Å². The molecule has 0 aromatic heterocycles. The molecule has 0 radical (unpaired) electrons. The predicted molar refractivity (Wildman–Crippen MR) is 100 cm³/mol. The number of aromatic nitrogens is 1. The van der Waals surface area contributed by atoms with Gasteiger partial charge in [-0.25, -0.2) is 4.98 Å². The lowest BCUT2D eigenvalue weighted by Gasteiger charge is -2.21. The Labute approximate surface area is 150 Å². The molecule has 1 heterocycles. The standard InChI is InChI=1S/C19H21N3O4/c1-19(2,3)21-18(25)11-9-13(23)16(24)17-15(11)20-12-7-6-10(22(4)5)8-14(12)26-17/h6-9,24H,1-5H3,(H,21,25). The summed E-state index contributed by atoms with van der Waals surface area (Å²) in [5, 5.41) is 12.9. The third kappa shape index (κ3) is 3.20. The molecule has 2 aliphatic rings. The fourth-order valence-electron chi connectivity index (χ4n) is 2.59. The van der Waals surface area contributed by atoms with Crippen LogP contribution in [0.3, 0.4) is 0 Å². The van der Waals surface area contributed by atoms with Crippen molar-refractivity contribution in [2.75, 3.05) is 19.0 Å². The number of nitrogens with one attached hydrogen (secondary N) is 1. The molecule has 7 heteroatoms. The van der Waals surface area contributed by atoms with Gasteiger partial charge in [-0.3, -0.25) is 9.59 Å². The van der Waals surface area contributed by atoms with Gasteiger partial charge in [0.05, 0.1) is 5.56 Å². The predicted octanol–water partition coefficient (Wildman–Crippen LogP) is 2.59. The quantitative estimate of drug-likeness (QED) is 0.686. The van der Waals surface area contributed by atoms with Gasteiger partial charge in [0.25, 0.3) is 5.91 Å². The topological polar surface area (TPSA) is 95.7 Å². The maximum Gasteiger partial charge on any atom is 0.254 e. The highest BCUT2D eigenvalue weighted by Crippen LogP contribution is 2.34. The third-order valence-electron chi connectivity index (χ3n) is 3.83. The molecule has 2 N–H and O–H groups in total. The van der Waals surface area contributed by atoms with Crippen molar-refractivity contribution in [1.82, 2.24) is 10.3 Å². The van der Waals surface area contributed by atoms with Gasteiger partial charge in [-0.1, -0.05) is 0 Å². The van der Waals surface area contributed by atoms with Crippen LogP contribution in [0.1, 0.15) is 31.1 Å². The van der Waals surface area contributed by atoms with E-state index in [1.165, 1.54) is 0 Å². The number of carbonyl (C=O) groups excluding carboxylic acids is 1. The van der Waals surface area contributed by atoms with Gasteiger partial charge in [0.1, 0.15) is 11.2 Å². The lowest BCUT2D eigenvalue weighted by atomic mass is 10.0. The van der Waals surface area contributed by atoms with Crippen molar-refractivity contribution >= 4 is 22.7 Å². The monoisotopic (exact) mass is 355 g/mol. The third-order valence-corrected chi connectivity index (χ3v) is 3.83. The summed E-state index contributed by atoms with van der Waals surface area (Å²) in [6.07, 6.45) is 0. The lowest BCUT2D eigenvalue weighted by molar-refractivity contribution is 0.0919. The number of rotatable bonds is 2. The fraction of sp³-hybridized carbons (Fsp3) is 0.316. The molecule has 0 saturated heterocycles. The summed E-state index contributed by atoms with van der Waals surface area (Å²) in [6, 6.07) is 6.48. The molecule has 3 rings (SSSR count). The first-order valence-corrected chi connectivity index (χ1v) is 8.17. The first-order valence-electron chi connectivity index (χ1n) is 8.17. The van der Waals surface area contributed by atoms with Crippen LogP contribution >= 0.6 is 0 Å². The molecule has 0 saturated carbocycles. The Morgan fingerprint density at radius 3 is 2.54 bits per heavy atom. The highest BCUT2D eigenvalue weighted by molar-refractivity contribution is 6.01. The number of amides is 1. The second-order valence-corrected chi connectivity index (χ2v) is 7.41. The minimum Gasteiger partial charge on any atom is -0.501 e. The van der Waals surface area contributed by atoms with Crippen molar-refractivity contribution in [3.8, 4) is 17.2 Å². The van der Waals surface area contributed by atoms with Crippen LogP contribution in [0.25, 0.3) is 22.6 Å². The Morgan fingerprint density at radius 2 is 1.92 bits per heavy atom. The largest absolute Gasteiger partial charge is 0.501 e. The second-order valence-electron chi connectivity index (χ2n) is 7.41. The summed E-state index contributed by atoms with van der Waals surface area (Å²) in [7, 11) is 3.77. The lowest BCUT2D eigenvalue weighted by Crippen LogP contribution is -2.41. The molecule has 7 nitrogen and oxygen atoms in total. The van der Waals surface area contributed by atoms with Crippen molar-refractivity contribution < 1.29 is 14.3 Å². The minimum atomic E-state index is -0.690. The Balaban J connectivity index is 2.28. The Hall–Kier alpha value is -3.09. The van der Waals surface area contributed by atoms with Crippen molar-refractivity contribution in [2.45, 2.75) is 26.3 Å². The van der Waals surface area contributed by atoms with Crippen molar-refractivity contribution in [3.05, 3.63) is 40.1 Å². The number of benzene rings is 2. The van der Waals surface area contributed by atoms with E-state index in [1.54, 1.807) is 12.1 Å². The molecule has 136 valence electrons. The number of fused-ring (bicyclic) bond motifs is 2. The number of phenolic OH excluding ortho intramolecular Hbond substituents is 1. The second kappa shape index (κ2) is 6.01. The smallest absolute Gasteiger partial charge is 0.254 e. The molecule has 0 bridgehead atoms. The summed E-state index contributed by atoms with van der Waals surface area (Å²) in [5.41, 5.74) is 0.849. The molecule has 1 aromatic rings. The molecule has 0 fully saturated rings. The van der Waals surface area contributed by atoms with E-state index in [2.05, 4.69) is 10.3 Å². The van der Waals surface area contributed by atoms with Gasteiger partial charge in [-0.2, -0.15) is 0 Å². The van der Waals surface area contributed by atoms with Crippen molar-refractivity contribution in [2.24, 2.45) is 0 Å². The molecular weight excluding hydrogens is 334 g/mol. The number of hydrogen-bond acceptors (Lipinski definition) is 6. The zero-order valence-electron chi connectivity index (χ0n) is 15.4. The average molecular weight is 355 g/mol. The fourth-order valence-corrected chi connectivity index (χ4v) is 2.59. The van der Waals surface area contributed by atoms with Crippen molar-refractivity contribution in [1.29, 1.82) is 0 Å². The normalized spacial score (nSPS) is 11.7. The van der Waals surface area contributed by atoms with Crippen LogP contribution in [0.2, 0.25) is 0 Å². The Bertz CT molecular complexity index is 1030. The number of phenols is 1. The number of nitrogens with zero attached hydrogens (tertiary/aromatic N) is 2. The Morgan fingerprint density at radius 1 is 1.23 bits per heavy atom. The number of carbonyl (C=O) groups is 1. The maximum absolute atomic E-state index is 12.6. The molecule has 1 aliphatic carbocycles. The van der Waals surface area contributed by atoms with Crippen LogP contribution in [-0.2, 0) is 0 Å². The number of anilines is 1. The van der Waals surface area contributed by atoms with Crippen LogP contribution in [0.5, 0.6) is 5.75 Å². The summed E-state index contributed by atoms with van der Waals surface area (Å²) in [4.78, 5) is 31.1. The van der Waals surface area contributed by atoms with E-state index >= 15 is 0 Å². The molecule has 0 spiro atoms. The van der Waals surface area contributed by atoms with Crippen LogP contribution in [-0.4, -0.2) is 35.6 Å². The van der Waals surface area contributed by atoms with E-state index in [4.69, 9.17) is 4.42 Å². The molecule has 0 atom stereocenters. The molecule has 1 amide bonds. The van der Waals surface area contributed by atoms with E-state index in [-0.39, 0.29) is 17.0 Å². The van der Waals surface area contributed by atoms with Gasteiger partial charge in [0.15, 0.2) is 11.3 Å². The van der Waals surface area contributed by atoms with Gasteiger partial charge in [-0.15, -0.1) is 0 Å².